The van der Waals surface area contributed by atoms with E-state index in [1.54, 1.807) is 14.0 Å². The number of hydrogen-bond donors (Lipinski definition) is 1. The van der Waals surface area contributed by atoms with Gasteiger partial charge in [0.05, 0.1) is 7.11 Å². The fourth-order valence-corrected chi connectivity index (χ4v) is 2.64. The van der Waals surface area contributed by atoms with Gasteiger partial charge in [-0.1, -0.05) is 12.1 Å². The van der Waals surface area contributed by atoms with Crippen LogP contribution in [0.5, 0.6) is 5.75 Å². The molecule has 1 N–H and O–H groups in total. The zero-order chi connectivity index (χ0) is 15.9. The third-order valence-electron chi connectivity index (χ3n) is 3.97. The summed E-state index contributed by atoms with van der Waals surface area (Å²) in [4.78, 5) is 25.9. The van der Waals surface area contributed by atoms with Gasteiger partial charge in [-0.25, -0.2) is 0 Å². The predicted octanol–water partition coefficient (Wildman–Crippen LogP) is 1.75. The lowest BCUT2D eigenvalue weighted by molar-refractivity contribution is -0.135. The number of rotatable bonds is 6. The van der Waals surface area contributed by atoms with E-state index in [1.165, 1.54) is 0 Å². The molecule has 0 aliphatic carbocycles. The van der Waals surface area contributed by atoms with Gasteiger partial charge < -0.3 is 15.0 Å². The number of likely N-dealkylation sites (tertiary alicyclic amines) is 1. The fourth-order valence-electron chi connectivity index (χ4n) is 2.64. The molecule has 1 atom stereocenters. The minimum absolute atomic E-state index is 0.0234. The SMILES string of the molecule is COc1ccc(CCC(=O)N[C@@H](C)C(=O)N2CCCC2)cc1. The number of carbonyl (C=O) groups is 2. The van der Waals surface area contributed by atoms with E-state index in [1.807, 2.05) is 29.2 Å². The Bertz CT molecular complexity index is 507. The molecule has 2 rings (SSSR count). The average Bonchev–Trinajstić information content (AvgIpc) is 3.07. The van der Waals surface area contributed by atoms with E-state index in [4.69, 9.17) is 4.74 Å². The molecule has 1 aromatic rings. The number of nitrogens with one attached hydrogen (secondary N) is 1. The van der Waals surface area contributed by atoms with Crippen molar-refractivity contribution >= 4 is 11.8 Å². The lowest BCUT2D eigenvalue weighted by Gasteiger charge is -2.21. The first kappa shape index (κ1) is 16.3. The Kier molecular flexibility index (Phi) is 5.81. The second-order valence-electron chi connectivity index (χ2n) is 5.67. The van der Waals surface area contributed by atoms with Crippen molar-refractivity contribution in [2.24, 2.45) is 0 Å². The van der Waals surface area contributed by atoms with Gasteiger partial charge in [-0.3, -0.25) is 9.59 Å². The number of carbonyl (C=O) groups excluding carboxylic acids is 2. The Morgan fingerprint density at radius 3 is 2.45 bits per heavy atom. The quantitative estimate of drug-likeness (QED) is 0.871. The van der Waals surface area contributed by atoms with Crippen LogP contribution in [0.1, 0.15) is 31.7 Å². The normalized spacial score (nSPS) is 15.5. The molecule has 0 radical (unpaired) electrons. The molecular weight excluding hydrogens is 280 g/mol. The molecule has 22 heavy (non-hydrogen) atoms. The van der Waals surface area contributed by atoms with Crippen LogP contribution in [0.3, 0.4) is 0 Å². The van der Waals surface area contributed by atoms with Gasteiger partial charge in [0, 0.05) is 19.5 Å². The number of aryl methyl sites for hydroxylation is 1. The summed E-state index contributed by atoms with van der Waals surface area (Å²) in [5.41, 5.74) is 1.08. The Morgan fingerprint density at radius 1 is 1.23 bits per heavy atom. The lowest BCUT2D eigenvalue weighted by atomic mass is 10.1. The van der Waals surface area contributed by atoms with Crippen LogP contribution in [0.25, 0.3) is 0 Å². The summed E-state index contributed by atoms with van der Waals surface area (Å²) in [6.07, 6.45) is 3.15. The van der Waals surface area contributed by atoms with Crippen LogP contribution in [-0.4, -0.2) is 43.0 Å². The lowest BCUT2D eigenvalue weighted by Crippen LogP contribution is -2.46. The van der Waals surface area contributed by atoms with Crippen LogP contribution >= 0.6 is 0 Å². The van der Waals surface area contributed by atoms with Crippen molar-refractivity contribution in [3.8, 4) is 5.75 Å². The van der Waals surface area contributed by atoms with Crippen molar-refractivity contribution in [3.05, 3.63) is 29.8 Å². The van der Waals surface area contributed by atoms with Gasteiger partial charge >= 0.3 is 0 Å². The maximum absolute atomic E-state index is 12.1. The molecular formula is C17H24N2O3. The molecule has 0 unspecified atom stereocenters. The van der Waals surface area contributed by atoms with Gasteiger partial charge in [0.1, 0.15) is 11.8 Å². The first-order valence-corrected chi connectivity index (χ1v) is 7.81. The van der Waals surface area contributed by atoms with Crippen LogP contribution in [0.2, 0.25) is 0 Å². The molecule has 1 aliphatic heterocycles. The minimum atomic E-state index is -0.443. The zero-order valence-electron chi connectivity index (χ0n) is 13.3. The molecule has 1 heterocycles. The summed E-state index contributed by atoms with van der Waals surface area (Å²) >= 11 is 0. The molecule has 1 saturated heterocycles. The summed E-state index contributed by atoms with van der Waals surface area (Å²) in [5.74, 6) is 0.740. The highest BCUT2D eigenvalue weighted by molar-refractivity contribution is 5.87. The van der Waals surface area contributed by atoms with E-state index in [2.05, 4.69) is 5.32 Å². The van der Waals surface area contributed by atoms with E-state index < -0.39 is 6.04 Å². The van der Waals surface area contributed by atoms with Gasteiger partial charge in [-0.2, -0.15) is 0 Å². The van der Waals surface area contributed by atoms with Gasteiger partial charge in [0.2, 0.25) is 11.8 Å². The standard InChI is InChI=1S/C17H24N2O3/c1-13(17(21)19-11-3-4-12-19)18-16(20)10-7-14-5-8-15(22-2)9-6-14/h5-6,8-9,13H,3-4,7,10-12H2,1-2H3,(H,18,20)/t13-/m0/s1. The predicted molar refractivity (Wildman–Crippen MR) is 84.7 cm³/mol. The molecule has 1 aromatic carbocycles. The largest absolute Gasteiger partial charge is 0.497 e. The van der Waals surface area contributed by atoms with Crippen molar-refractivity contribution in [2.45, 2.75) is 38.6 Å². The highest BCUT2D eigenvalue weighted by Crippen LogP contribution is 2.13. The molecule has 0 saturated carbocycles. The Morgan fingerprint density at radius 2 is 1.86 bits per heavy atom. The van der Waals surface area contributed by atoms with Crippen LogP contribution < -0.4 is 10.1 Å². The van der Waals surface area contributed by atoms with Crippen LogP contribution in [0, 0.1) is 0 Å². The number of hydrogen-bond acceptors (Lipinski definition) is 3. The summed E-state index contributed by atoms with van der Waals surface area (Å²) in [5, 5.41) is 2.79. The highest BCUT2D eigenvalue weighted by atomic mass is 16.5. The third-order valence-corrected chi connectivity index (χ3v) is 3.97. The van der Waals surface area contributed by atoms with Gasteiger partial charge in [0.25, 0.3) is 0 Å². The second kappa shape index (κ2) is 7.82. The van der Waals surface area contributed by atoms with E-state index in [0.29, 0.717) is 12.8 Å². The van der Waals surface area contributed by atoms with E-state index in [9.17, 15) is 9.59 Å². The summed E-state index contributed by atoms with van der Waals surface area (Å²) in [6.45, 7) is 3.38. The number of methoxy groups -OCH3 is 1. The van der Waals surface area contributed by atoms with E-state index in [0.717, 1.165) is 37.2 Å². The van der Waals surface area contributed by atoms with Crippen molar-refractivity contribution in [1.82, 2.24) is 10.2 Å². The monoisotopic (exact) mass is 304 g/mol. The maximum atomic E-state index is 12.1. The molecule has 120 valence electrons. The maximum Gasteiger partial charge on any atom is 0.244 e. The molecule has 0 aromatic heterocycles. The Hall–Kier alpha value is -2.04. The Balaban J connectivity index is 1.75. The smallest absolute Gasteiger partial charge is 0.244 e. The number of benzene rings is 1. The first-order chi connectivity index (χ1) is 10.6. The van der Waals surface area contributed by atoms with Crippen molar-refractivity contribution < 1.29 is 14.3 Å². The van der Waals surface area contributed by atoms with Crippen LogP contribution in [-0.2, 0) is 16.0 Å². The molecule has 0 bridgehead atoms. The minimum Gasteiger partial charge on any atom is -0.497 e. The third kappa shape index (κ3) is 4.48. The Labute approximate surface area is 131 Å². The zero-order valence-corrected chi connectivity index (χ0v) is 13.3. The second-order valence-corrected chi connectivity index (χ2v) is 5.67. The molecule has 1 aliphatic rings. The van der Waals surface area contributed by atoms with Crippen molar-refractivity contribution in [2.75, 3.05) is 20.2 Å². The molecule has 0 spiro atoms. The van der Waals surface area contributed by atoms with Gasteiger partial charge in [-0.15, -0.1) is 0 Å². The summed E-state index contributed by atoms with van der Waals surface area (Å²) < 4.78 is 5.10. The first-order valence-electron chi connectivity index (χ1n) is 7.81. The fraction of sp³-hybridized carbons (Fsp3) is 0.529. The number of nitrogens with zero attached hydrogens (tertiary/aromatic N) is 1. The van der Waals surface area contributed by atoms with Crippen molar-refractivity contribution in [1.29, 1.82) is 0 Å². The molecule has 1 fully saturated rings. The van der Waals surface area contributed by atoms with Crippen LogP contribution in [0.4, 0.5) is 0 Å². The van der Waals surface area contributed by atoms with Crippen molar-refractivity contribution in [3.63, 3.8) is 0 Å². The van der Waals surface area contributed by atoms with Crippen LogP contribution in [0.15, 0.2) is 24.3 Å². The summed E-state index contributed by atoms with van der Waals surface area (Å²) in [6, 6.07) is 7.22. The average molecular weight is 304 g/mol. The topological polar surface area (TPSA) is 58.6 Å². The molecule has 5 nitrogen and oxygen atoms in total. The highest BCUT2D eigenvalue weighted by Gasteiger charge is 2.24. The molecule has 5 heteroatoms. The number of amides is 2. The van der Waals surface area contributed by atoms with E-state index in [-0.39, 0.29) is 11.8 Å². The van der Waals surface area contributed by atoms with Gasteiger partial charge in [0.15, 0.2) is 0 Å². The van der Waals surface area contributed by atoms with E-state index >= 15 is 0 Å². The summed E-state index contributed by atoms with van der Waals surface area (Å²) in [7, 11) is 1.63. The molecule has 2 amide bonds. The van der Waals surface area contributed by atoms with Gasteiger partial charge in [-0.05, 0) is 43.9 Å². The number of ether oxygens (including phenoxy) is 1.